The molecule has 6 heteroatoms. The van der Waals surface area contributed by atoms with Crippen LogP contribution in [0.1, 0.15) is 42.5 Å². The molecule has 0 aliphatic heterocycles. The third-order valence-electron chi connectivity index (χ3n) is 3.68. The number of halogens is 1. The zero-order chi connectivity index (χ0) is 13.9. The van der Waals surface area contributed by atoms with Crippen LogP contribution in [-0.4, -0.2) is 23.5 Å². The summed E-state index contributed by atoms with van der Waals surface area (Å²) in [6.07, 6.45) is 4.23. The van der Waals surface area contributed by atoms with Crippen molar-refractivity contribution in [2.75, 3.05) is 6.54 Å². The third-order valence-corrected chi connectivity index (χ3v) is 5.19. The number of carboxylic acid groups (broad SMARTS) is 1. The predicted molar refractivity (Wildman–Crippen MR) is 77.5 cm³/mol. The van der Waals surface area contributed by atoms with Gasteiger partial charge in [-0.15, -0.1) is 11.3 Å². The Kier molecular flexibility index (Phi) is 4.62. The monoisotopic (exact) mass is 345 g/mol. The van der Waals surface area contributed by atoms with E-state index in [1.54, 1.807) is 11.4 Å². The standard InChI is InChI=1S/C13H16BrNO3S/c14-10-6-9(7-19-10)11(16)15-8-13(12(17)18)4-2-1-3-5-13/h6-7H,1-5,8H2,(H,15,16)(H,17,18). The molecule has 1 fully saturated rings. The van der Waals surface area contributed by atoms with Gasteiger partial charge in [-0.25, -0.2) is 0 Å². The summed E-state index contributed by atoms with van der Waals surface area (Å²) in [5, 5.41) is 13.9. The molecule has 1 aliphatic carbocycles. The zero-order valence-electron chi connectivity index (χ0n) is 10.4. The number of carbonyl (C=O) groups is 2. The van der Waals surface area contributed by atoms with Crippen molar-refractivity contribution >= 4 is 39.1 Å². The second-order valence-corrected chi connectivity index (χ2v) is 7.26. The van der Waals surface area contributed by atoms with Gasteiger partial charge >= 0.3 is 5.97 Å². The first-order valence-electron chi connectivity index (χ1n) is 6.29. The number of nitrogens with one attached hydrogen (secondary N) is 1. The lowest BCUT2D eigenvalue weighted by Gasteiger charge is -2.33. The van der Waals surface area contributed by atoms with E-state index in [0.29, 0.717) is 18.4 Å². The van der Waals surface area contributed by atoms with Gasteiger partial charge in [-0.2, -0.15) is 0 Å². The maximum absolute atomic E-state index is 11.9. The number of aliphatic carboxylic acids is 1. The average molecular weight is 346 g/mol. The molecule has 0 aromatic carbocycles. The smallest absolute Gasteiger partial charge is 0.311 e. The van der Waals surface area contributed by atoms with E-state index < -0.39 is 11.4 Å². The van der Waals surface area contributed by atoms with Gasteiger partial charge in [-0.3, -0.25) is 9.59 Å². The van der Waals surface area contributed by atoms with Crippen molar-refractivity contribution in [2.24, 2.45) is 5.41 Å². The lowest BCUT2D eigenvalue weighted by atomic mass is 9.74. The molecule has 1 aliphatic rings. The molecule has 0 atom stereocenters. The number of thiophene rings is 1. The Balaban J connectivity index is 1.99. The number of carbonyl (C=O) groups excluding carboxylic acids is 1. The fourth-order valence-corrected chi connectivity index (χ4v) is 3.61. The van der Waals surface area contributed by atoms with Crippen molar-refractivity contribution in [1.82, 2.24) is 5.32 Å². The van der Waals surface area contributed by atoms with Crippen LogP contribution in [0.5, 0.6) is 0 Å². The summed E-state index contributed by atoms with van der Waals surface area (Å²) in [5.41, 5.74) is -0.200. The lowest BCUT2D eigenvalue weighted by molar-refractivity contribution is -0.150. The van der Waals surface area contributed by atoms with Gasteiger partial charge in [0.1, 0.15) is 0 Å². The van der Waals surface area contributed by atoms with Crippen LogP contribution < -0.4 is 5.32 Å². The minimum absolute atomic E-state index is 0.201. The van der Waals surface area contributed by atoms with E-state index >= 15 is 0 Å². The van der Waals surface area contributed by atoms with Crippen LogP contribution in [-0.2, 0) is 4.79 Å². The highest BCUT2D eigenvalue weighted by Gasteiger charge is 2.39. The van der Waals surface area contributed by atoms with Crippen LogP contribution in [0, 0.1) is 5.41 Å². The quantitative estimate of drug-likeness (QED) is 0.879. The van der Waals surface area contributed by atoms with Crippen LogP contribution in [0.25, 0.3) is 0 Å². The molecule has 1 aromatic rings. The maximum atomic E-state index is 11.9. The van der Waals surface area contributed by atoms with E-state index in [9.17, 15) is 14.7 Å². The molecule has 1 aromatic heterocycles. The molecule has 2 N–H and O–H groups in total. The first kappa shape index (κ1) is 14.5. The van der Waals surface area contributed by atoms with E-state index in [1.165, 1.54) is 11.3 Å². The van der Waals surface area contributed by atoms with Crippen molar-refractivity contribution in [3.8, 4) is 0 Å². The Morgan fingerprint density at radius 2 is 2.05 bits per heavy atom. The zero-order valence-corrected chi connectivity index (χ0v) is 12.8. The van der Waals surface area contributed by atoms with Gasteiger partial charge in [0.25, 0.3) is 5.91 Å². The Hall–Kier alpha value is -0.880. The lowest BCUT2D eigenvalue weighted by Crippen LogP contribution is -2.44. The summed E-state index contributed by atoms with van der Waals surface area (Å²) >= 11 is 4.75. The first-order chi connectivity index (χ1) is 9.03. The molecule has 2 rings (SSSR count). The fraction of sp³-hybridized carbons (Fsp3) is 0.538. The van der Waals surface area contributed by atoms with Gasteiger partial charge in [-0.05, 0) is 34.8 Å². The topological polar surface area (TPSA) is 66.4 Å². The minimum Gasteiger partial charge on any atom is -0.481 e. The van der Waals surface area contributed by atoms with Crippen molar-refractivity contribution in [1.29, 1.82) is 0 Å². The summed E-state index contributed by atoms with van der Waals surface area (Å²) in [6.45, 7) is 0.217. The summed E-state index contributed by atoms with van der Waals surface area (Å²) in [6, 6.07) is 1.74. The molecular weight excluding hydrogens is 330 g/mol. The number of rotatable bonds is 4. The van der Waals surface area contributed by atoms with Crippen LogP contribution in [0.2, 0.25) is 0 Å². The number of amides is 1. The van der Waals surface area contributed by atoms with Gasteiger partial charge in [0.2, 0.25) is 0 Å². The normalized spacial score (nSPS) is 17.9. The molecule has 1 saturated carbocycles. The van der Waals surface area contributed by atoms with E-state index in [0.717, 1.165) is 23.0 Å². The van der Waals surface area contributed by atoms with Gasteiger partial charge in [0.05, 0.1) is 14.8 Å². The van der Waals surface area contributed by atoms with Crippen LogP contribution in [0.4, 0.5) is 0 Å². The van der Waals surface area contributed by atoms with Crippen LogP contribution >= 0.6 is 27.3 Å². The summed E-state index contributed by atoms with van der Waals surface area (Å²) < 4.78 is 0.892. The van der Waals surface area contributed by atoms with Crippen molar-refractivity contribution < 1.29 is 14.7 Å². The fourth-order valence-electron chi connectivity index (χ4n) is 2.48. The predicted octanol–water partition coefficient (Wildman–Crippen LogP) is 3.28. The minimum atomic E-state index is -0.793. The van der Waals surface area contributed by atoms with E-state index in [-0.39, 0.29) is 12.5 Å². The Bertz CT molecular complexity index is 480. The number of carboxylic acids is 1. The van der Waals surface area contributed by atoms with Gasteiger partial charge in [0, 0.05) is 11.9 Å². The Morgan fingerprint density at radius 3 is 2.58 bits per heavy atom. The van der Waals surface area contributed by atoms with E-state index in [1.807, 2.05) is 0 Å². The third kappa shape index (κ3) is 3.36. The van der Waals surface area contributed by atoms with E-state index in [2.05, 4.69) is 21.2 Å². The van der Waals surface area contributed by atoms with Gasteiger partial charge < -0.3 is 10.4 Å². The average Bonchev–Trinajstić information content (AvgIpc) is 2.83. The molecule has 0 radical (unpaired) electrons. The van der Waals surface area contributed by atoms with E-state index in [4.69, 9.17) is 0 Å². The first-order valence-corrected chi connectivity index (χ1v) is 7.96. The maximum Gasteiger partial charge on any atom is 0.311 e. The summed E-state index contributed by atoms with van der Waals surface area (Å²) in [5.74, 6) is -0.993. The molecule has 0 saturated heterocycles. The van der Waals surface area contributed by atoms with Gasteiger partial charge in [-0.1, -0.05) is 19.3 Å². The second-order valence-electron chi connectivity index (χ2n) is 4.97. The molecule has 1 amide bonds. The largest absolute Gasteiger partial charge is 0.481 e. The van der Waals surface area contributed by atoms with Gasteiger partial charge in [0.15, 0.2) is 0 Å². The summed E-state index contributed by atoms with van der Waals surface area (Å²) in [4.78, 5) is 23.4. The summed E-state index contributed by atoms with van der Waals surface area (Å²) in [7, 11) is 0. The van der Waals surface area contributed by atoms with Crippen molar-refractivity contribution in [2.45, 2.75) is 32.1 Å². The molecule has 1 heterocycles. The molecule has 0 unspecified atom stereocenters. The second kappa shape index (κ2) is 6.05. The van der Waals surface area contributed by atoms with Crippen LogP contribution in [0.3, 0.4) is 0 Å². The molecule has 0 bridgehead atoms. The molecule has 0 spiro atoms. The Labute approximate surface area is 124 Å². The number of hydrogen-bond donors (Lipinski definition) is 2. The van der Waals surface area contributed by atoms with Crippen LogP contribution in [0.15, 0.2) is 15.2 Å². The highest BCUT2D eigenvalue weighted by molar-refractivity contribution is 9.11. The molecule has 4 nitrogen and oxygen atoms in total. The van der Waals surface area contributed by atoms with Crippen molar-refractivity contribution in [3.05, 3.63) is 20.8 Å². The molecule has 104 valence electrons. The highest BCUT2D eigenvalue weighted by Crippen LogP contribution is 2.36. The highest BCUT2D eigenvalue weighted by atomic mass is 79.9. The molecule has 19 heavy (non-hydrogen) atoms. The number of hydrogen-bond acceptors (Lipinski definition) is 3. The van der Waals surface area contributed by atoms with Crippen molar-refractivity contribution in [3.63, 3.8) is 0 Å². The molecular formula is C13H16BrNO3S. The Morgan fingerprint density at radius 1 is 1.37 bits per heavy atom. The SMILES string of the molecule is O=C(NCC1(C(=O)O)CCCCC1)c1csc(Br)c1.